The van der Waals surface area contributed by atoms with Gasteiger partial charge in [-0.05, 0) is 42.0 Å². The van der Waals surface area contributed by atoms with E-state index in [0.29, 0.717) is 11.3 Å². The van der Waals surface area contributed by atoms with Crippen molar-refractivity contribution in [1.82, 2.24) is 9.71 Å². The molecule has 0 spiro atoms. The van der Waals surface area contributed by atoms with Gasteiger partial charge in [-0.2, -0.15) is 9.98 Å². The summed E-state index contributed by atoms with van der Waals surface area (Å²) in [4.78, 5) is 4.39. The average molecular weight is 349 g/mol. The highest BCUT2D eigenvalue weighted by atomic mass is 32.2. The molecule has 25 heavy (non-hydrogen) atoms. The Balaban J connectivity index is 1.98. The lowest BCUT2D eigenvalue weighted by atomic mass is 10.0. The molecule has 5 nitrogen and oxygen atoms in total. The first-order valence-corrected chi connectivity index (χ1v) is 9.07. The molecule has 0 aliphatic rings. The topological polar surface area (TPSA) is 82.8 Å². The Morgan fingerprint density at radius 3 is 2.20 bits per heavy atom. The maximum absolute atomic E-state index is 12.8. The summed E-state index contributed by atoms with van der Waals surface area (Å²) >= 11 is 0. The fourth-order valence-corrected chi connectivity index (χ4v) is 3.62. The molecule has 0 aliphatic heterocycles. The SMILES string of the molecule is N#Cc1ccc(S(=O)(=O)NC(c2ccccc2)c2ccccn2)cc1. The van der Waals surface area contributed by atoms with Crippen LogP contribution in [-0.4, -0.2) is 13.4 Å². The molecule has 3 aromatic rings. The standard InChI is InChI=1S/C19H15N3O2S/c20-14-15-9-11-17(12-10-15)25(23,24)22-19(16-6-2-1-3-7-16)18-8-4-5-13-21-18/h1-13,19,22H. The van der Waals surface area contributed by atoms with Crippen molar-refractivity contribution in [3.8, 4) is 6.07 Å². The highest BCUT2D eigenvalue weighted by molar-refractivity contribution is 7.89. The van der Waals surface area contributed by atoms with E-state index in [1.807, 2.05) is 42.5 Å². The fraction of sp³-hybridized carbons (Fsp3) is 0.0526. The van der Waals surface area contributed by atoms with Gasteiger partial charge in [0.2, 0.25) is 10.0 Å². The van der Waals surface area contributed by atoms with E-state index in [9.17, 15) is 8.42 Å². The van der Waals surface area contributed by atoms with Crippen LogP contribution in [0.25, 0.3) is 0 Å². The highest BCUT2D eigenvalue weighted by Crippen LogP contribution is 2.23. The van der Waals surface area contributed by atoms with Gasteiger partial charge in [-0.1, -0.05) is 36.4 Å². The van der Waals surface area contributed by atoms with Crippen molar-refractivity contribution in [2.24, 2.45) is 0 Å². The third-order valence-electron chi connectivity index (χ3n) is 3.68. The first kappa shape index (κ1) is 16.8. The van der Waals surface area contributed by atoms with E-state index in [1.54, 1.807) is 18.3 Å². The molecule has 124 valence electrons. The van der Waals surface area contributed by atoms with Gasteiger partial charge < -0.3 is 0 Å². The largest absolute Gasteiger partial charge is 0.259 e. The maximum Gasteiger partial charge on any atom is 0.241 e. The molecule has 0 saturated carbocycles. The molecule has 1 N–H and O–H groups in total. The van der Waals surface area contributed by atoms with Gasteiger partial charge in [0.05, 0.1) is 28.3 Å². The zero-order chi connectivity index (χ0) is 17.7. The van der Waals surface area contributed by atoms with Crippen molar-refractivity contribution >= 4 is 10.0 Å². The van der Waals surface area contributed by atoms with Crippen LogP contribution < -0.4 is 4.72 Å². The summed E-state index contributed by atoms with van der Waals surface area (Å²) in [5.41, 5.74) is 1.80. The monoisotopic (exact) mass is 349 g/mol. The van der Waals surface area contributed by atoms with Crippen molar-refractivity contribution in [3.63, 3.8) is 0 Å². The van der Waals surface area contributed by atoms with E-state index in [1.165, 1.54) is 24.3 Å². The Bertz CT molecular complexity index is 941. The van der Waals surface area contributed by atoms with Crippen LogP contribution in [0.4, 0.5) is 0 Å². The summed E-state index contributed by atoms with van der Waals surface area (Å²) in [6.45, 7) is 0. The van der Waals surface area contributed by atoms with Crippen LogP contribution in [0.2, 0.25) is 0 Å². The number of sulfonamides is 1. The molecular formula is C19H15N3O2S. The van der Waals surface area contributed by atoms with Gasteiger partial charge in [0.25, 0.3) is 0 Å². The van der Waals surface area contributed by atoms with Crippen LogP contribution in [0.3, 0.4) is 0 Å². The number of nitrogens with zero attached hydrogens (tertiary/aromatic N) is 2. The Kier molecular flexibility index (Phi) is 4.89. The third-order valence-corrected chi connectivity index (χ3v) is 5.12. The van der Waals surface area contributed by atoms with Gasteiger partial charge in [0.1, 0.15) is 0 Å². The zero-order valence-corrected chi connectivity index (χ0v) is 14.0. The molecule has 1 atom stereocenters. The summed E-state index contributed by atoms with van der Waals surface area (Å²) in [6, 6.07) is 21.8. The average Bonchev–Trinajstić information content (AvgIpc) is 2.67. The number of aromatic nitrogens is 1. The minimum atomic E-state index is -3.78. The van der Waals surface area contributed by atoms with Gasteiger partial charge in [-0.3, -0.25) is 4.98 Å². The van der Waals surface area contributed by atoms with Crippen molar-refractivity contribution in [2.75, 3.05) is 0 Å². The second kappa shape index (κ2) is 7.26. The normalized spacial score (nSPS) is 12.3. The number of rotatable bonds is 5. The van der Waals surface area contributed by atoms with Gasteiger partial charge in [-0.15, -0.1) is 0 Å². The molecule has 0 radical (unpaired) electrons. The van der Waals surface area contributed by atoms with Crippen LogP contribution >= 0.6 is 0 Å². The van der Waals surface area contributed by atoms with Crippen LogP contribution in [-0.2, 0) is 10.0 Å². The number of hydrogen-bond acceptors (Lipinski definition) is 4. The quantitative estimate of drug-likeness (QED) is 0.767. The second-order valence-corrected chi connectivity index (χ2v) is 7.07. The van der Waals surface area contributed by atoms with Crippen LogP contribution in [0.15, 0.2) is 83.9 Å². The summed E-state index contributed by atoms with van der Waals surface area (Å²) in [5.74, 6) is 0. The molecule has 1 heterocycles. The summed E-state index contributed by atoms with van der Waals surface area (Å²) in [7, 11) is -3.78. The molecule has 2 aromatic carbocycles. The molecule has 0 aliphatic carbocycles. The summed E-state index contributed by atoms with van der Waals surface area (Å²) in [5, 5.41) is 8.85. The molecule has 3 rings (SSSR count). The fourth-order valence-electron chi connectivity index (χ4n) is 2.42. The number of hydrogen-bond donors (Lipinski definition) is 1. The van der Waals surface area contributed by atoms with E-state index < -0.39 is 16.1 Å². The zero-order valence-electron chi connectivity index (χ0n) is 13.2. The summed E-state index contributed by atoms with van der Waals surface area (Å²) in [6.07, 6.45) is 1.63. The first-order chi connectivity index (χ1) is 12.1. The van der Waals surface area contributed by atoms with Crippen LogP contribution in [0.5, 0.6) is 0 Å². The van der Waals surface area contributed by atoms with E-state index in [0.717, 1.165) is 5.56 Å². The first-order valence-electron chi connectivity index (χ1n) is 7.58. The highest BCUT2D eigenvalue weighted by Gasteiger charge is 2.23. The molecular weight excluding hydrogens is 334 g/mol. The van der Waals surface area contributed by atoms with Gasteiger partial charge in [0.15, 0.2) is 0 Å². The van der Waals surface area contributed by atoms with E-state index in [2.05, 4.69) is 9.71 Å². The van der Waals surface area contributed by atoms with Crippen molar-refractivity contribution in [3.05, 3.63) is 95.8 Å². The minimum absolute atomic E-state index is 0.100. The molecule has 0 fully saturated rings. The lowest BCUT2D eigenvalue weighted by Gasteiger charge is -2.19. The lowest BCUT2D eigenvalue weighted by Crippen LogP contribution is -2.30. The molecule has 0 bridgehead atoms. The predicted octanol–water partition coefficient (Wildman–Crippen LogP) is 3.02. The van der Waals surface area contributed by atoms with Crippen molar-refractivity contribution in [2.45, 2.75) is 10.9 Å². The van der Waals surface area contributed by atoms with Gasteiger partial charge in [-0.25, -0.2) is 8.42 Å². The molecule has 0 amide bonds. The molecule has 6 heteroatoms. The smallest absolute Gasteiger partial charge is 0.241 e. The van der Waals surface area contributed by atoms with Crippen LogP contribution in [0.1, 0.15) is 22.9 Å². The second-order valence-electron chi connectivity index (χ2n) is 5.36. The van der Waals surface area contributed by atoms with E-state index >= 15 is 0 Å². The number of benzene rings is 2. The van der Waals surface area contributed by atoms with Crippen molar-refractivity contribution in [1.29, 1.82) is 5.26 Å². The summed E-state index contributed by atoms with van der Waals surface area (Å²) < 4.78 is 28.2. The van der Waals surface area contributed by atoms with Crippen LogP contribution in [0, 0.1) is 11.3 Å². The third kappa shape index (κ3) is 3.91. The minimum Gasteiger partial charge on any atom is -0.259 e. The van der Waals surface area contributed by atoms with E-state index in [4.69, 9.17) is 5.26 Å². The number of nitriles is 1. The Labute approximate surface area is 146 Å². The molecule has 0 saturated heterocycles. The molecule has 1 aromatic heterocycles. The number of nitrogens with one attached hydrogen (secondary N) is 1. The van der Waals surface area contributed by atoms with Gasteiger partial charge in [0, 0.05) is 6.20 Å². The Morgan fingerprint density at radius 1 is 0.920 bits per heavy atom. The Morgan fingerprint density at radius 2 is 1.60 bits per heavy atom. The van der Waals surface area contributed by atoms with Gasteiger partial charge >= 0.3 is 0 Å². The lowest BCUT2D eigenvalue weighted by molar-refractivity contribution is 0.570. The molecule has 1 unspecified atom stereocenters. The maximum atomic E-state index is 12.8. The number of pyridine rings is 1. The van der Waals surface area contributed by atoms with E-state index in [-0.39, 0.29) is 4.90 Å². The van der Waals surface area contributed by atoms with Crippen molar-refractivity contribution < 1.29 is 8.42 Å². The predicted molar refractivity (Wildman–Crippen MR) is 94.0 cm³/mol. The Hall–Kier alpha value is -3.01.